The molecule has 0 aliphatic carbocycles. The van der Waals surface area contributed by atoms with Crippen molar-refractivity contribution in [2.45, 2.75) is 13.1 Å². The van der Waals surface area contributed by atoms with E-state index in [0.717, 1.165) is 0 Å². The highest BCUT2D eigenvalue weighted by Crippen LogP contribution is 2.09. The lowest BCUT2D eigenvalue weighted by atomic mass is 11.0. The van der Waals surface area contributed by atoms with E-state index in [1.54, 1.807) is 0 Å². The summed E-state index contributed by atoms with van der Waals surface area (Å²) in [7, 11) is -0.640. The highest BCUT2D eigenvalue weighted by atomic mass is 35.5. The van der Waals surface area contributed by atoms with Crippen LogP contribution in [0.4, 0.5) is 5.95 Å². The number of nitrogens with one attached hydrogen (secondary N) is 1. The van der Waals surface area contributed by atoms with Crippen LogP contribution in [0.2, 0.25) is 23.7 Å². The Morgan fingerprint density at radius 2 is 1.58 bits per heavy atom. The van der Waals surface area contributed by atoms with Gasteiger partial charge < -0.3 is 4.98 Å². The third-order valence-corrected chi connectivity index (χ3v) is 2.00. The van der Waals surface area contributed by atoms with E-state index in [9.17, 15) is 0 Å². The molecule has 1 rings (SSSR count). The second-order valence-corrected chi connectivity index (χ2v) is 5.25. The number of anilines is 1. The summed E-state index contributed by atoms with van der Waals surface area (Å²) in [6.45, 7) is 4.13. The van der Waals surface area contributed by atoms with Crippen LogP contribution in [0, 0.1) is 0 Å². The molecule has 1 aromatic heterocycles. The van der Waals surface area contributed by atoms with Crippen molar-refractivity contribution >= 4 is 38.1 Å². The summed E-state index contributed by atoms with van der Waals surface area (Å²) in [6, 6.07) is 0. The van der Waals surface area contributed by atoms with Crippen molar-refractivity contribution in [3.8, 4) is 0 Å². The van der Waals surface area contributed by atoms with Crippen molar-refractivity contribution in [2.75, 3.05) is 4.98 Å². The zero-order chi connectivity index (χ0) is 9.14. The van der Waals surface area contributed by atoms with E-state index < -0.39 is 8.96 Å². The van der Waals surface area contributed by atoms with Gasteiger partial charge in [-0.15, -0.1) is 0 Å². The van der Waals surface area contributed by atoms with Crippen molar-refractivity contribution < 1.29 is 0 Å². The van der Waals surface area contributed by atoms with Crippen LogP contribution in [-0.4, -0.2) is 23.9 Å². The Morgan fingerprint density at radius 3 is 2.00 bits per heavy atom. The van der Waals surface area contributed by atoms with Gasteiger partial charge in [0.15, 0.2) is 8.96 Å². The summed E-state index contributed by atoms with van der Waals surface area (Å²) in [5.74, 6) is 0.443. The highest BCUT2D eigenvalue weighted by molar-refractivity contribution is 6.59. The first-order valence-electron chi connectivity index (χ1n) is 3.22. The normalized spacial score (nSPS) is 10.4. The second kappa shape index (κ2) is 4.02. The Hall–Kier alpha value is -0.393. The average molecular weight is 222 g/mol. The van der Waals surface area contributed by atoms with E-state index in [0.29, 0.717) is 5.95 Å². The zero-order valence-electron chi connectivity index (χ0n) is 6.60. The smallest absolute Gasteiger partial charge is 0.228 e. The van der Waals surface area contributed by atoms with Gasteiger partial charge >= 0.3 is 0 Å². The van der Waals surface area contributed by atoms with Gasteiger partial charge in [-0.3, -0.25) is 0 Å². The maximum absolute atomic E-state index is 5.56. The number of rotatable bonds is 2. The molecule has 1 heterocycles. The molecule has 0 atom stereocenters. The predicted molar refractivity (Wildman–Crippen MR) is 51.0 cm³/mol. The van der Waals surface area contributed by atoms with Crippen molar-refractivity contribution in [1.29, 1.82) is 0 Å². The van der Waals surface area contributed by atoms with Crippen LogP contribution in [0.3, 0.4) is 0 Å². The molecule has 65 valence electrons. The summed E-state index contributed by atoms with van der Waals surface area (Å²) in [5, 5.41) is 0.224. The van der Waals surface area contributed by atoms with Gasteiger partial charge in [0, 0.05) is 0 Å². The lowest BCUT2D eigenvalue weighted by Crippen LogP contribution is -2.17. The molecule has 0 aliphatic heterocycles. The fourth-order valence-corrected chi connectivity index (χ4v) is 1.53. The Bertz CT molecular complexity index is 260. The Balaban J connectivity index is 2.85. The summed E-state index contributed by atoms with van der Waals surface area (Å²) < 4.78 is 0. The standard InChI is InChI=1S/C5H7Cl2N4Si/c1-12(2)11-5-9-3(6)8-4(7)10-5/h1-2H3,(H,8,9,10,11). The number of nitrogens with zero attached hydrogens (tertiary/aromatic N) is 3. The molecule has 0 bridgehead atoms. The maximum atomic E-state index is 5.56. The molecule has 1 N–H and O–H groups in total. The summed E-state index contributed by atoms with van der Waals surface area (Å²) in [5.41, 5.74) is 0. The van der Waals surface area contributed by atoms with Crippen LogP contribution in [0.25, 0.3) is 0 Å². The molecule has 1 radical (unpaired) electrons. The van der Waals surface area contributed by atoms with Crippen molar-refractivity contribution in [3.63, 3.8) is 0 Å². The van der Waals surface area contributed by atoms with Crippen LogP contribution in [0.15, 0.2) is 0 Å². The summed E-state index contributed by atoms with van der Waals surface area (Å²) >= 11 is 11.1. The molecule has 0 amide bonds. The number of halogens is 2. The van der Waals surface area contributed by atoms with E-state index in [1.807, 2.05) is 0 Å². The SMILES string of the molecule is C[Si](C)Nc1nc(Cl)nc(Cl)n1. The van der Waals surface area contributed by atoms with Gasteiger partial charge in [0.05, 0.1) is 0 Å². The van der Waals surface area contributed by atoms with E-state index in [4.69, 9.17) is 23.2 Å². The molecular formula is C5H7Cl2N4Si. The Morgan fingerprint density at radius 1 is 1.08 bits per heavy atom. The number of hydrogen-bond donors (Lipinski definition) is 1. The Kier molecular flexibility index (Phi) is 3.25. The van der Waals surface area contributed by atoms with Gasteiger partial charge in [-0.05, 0) is 23.2 Å². The van der Waals surface area contributed by atoms with Crippen LogP contribution >= 0.6 is 23.2 Å². The van der Waals surface area contributed by atoms with Crippen molar-refractivity contribution in [2.24, 2.45) is 0 Å². The molecule has 0 fully saturated rings. The summed E-state index contributed by atoms with van der Waals surface area (Å²) in [4.78, 5) is 14.4. The van der Waals surface area contributed by atoms with E-state index >= 15 is 0 Å². The third kappa shape index (κ3) is 2.92. The van der Waals surface area contributed by atoms with E-state index in [2.05, 4.69) is 33.0 Å². The molecule has 4 nitrogen and oxygen atoms in total. The highest BCUT2D eigenvalue weighted by Gasteiger charge is 2.04. The minimum atomic E-state index is -0.640. The van der Waals surface area contributed by atoms with Crippen LogP contribution in [0.1, 0.15) is 0 Å². The van der Waals surface area contributed by atoms with Gasteiger partial charge in [0.2, 0.25) is 16.5 Å². The fraction of sp³-hybridized carbons (Fsp3) is 0.400. The number of aromatic nitrogens is 3. The van der Waals surface area contributed by atoms with Gasteiger partial charge in [-0.2, -0.15) is 15.0 Å². The number of hydrogen-bond acceptors (Lipinski definition) is 4. The zero-order valence-corrected chi connectivity index (χ0v) is 9.11. The van der Waals surface area contributed by atoms with Gasteiger partial charge in [-0.1, -0.05) is 13.1 Å². The third-order valence-electron chi connectivity index (χ3n) is 0.943. The first kappa shape index (κ1) is 9.69. The molecule has 0 saturated heterocycles. The Labute approximate surface area is 82.0 Å². The van der Waals surface area contributed by atoms with E-state index in [-0.39, 0.29) is 10.6 Å². The van der Waals surface area contributed by atoms with Crippen molar-refractivity contribution in [3.05, 3.63) is 10.6 Å². The summed E-state index contributed by atoms with van der Waals surface area (Å²) in [6.07, 6.45) is 0. The maximum Gasteiger partial charge on any atom is 0.228 e. The van der Waals surface area contributed by atoms with Gasteiger partial charge in [-0.25, -0.2) is 0 Å². The van der Waals surface area contributed by atoms with Crippen LogP contribution < -0.4 is 4.98 Å². The lowest BCUT2D eigenvalue weighted by molar-refractivity contribution is 1.06. The molecule has 0 aliphatic rings. The fourth-order valence-electron chi connectivity index (χ4n) is 0.605. The second-order valence-electron chi connectivity index (χ2n) is 2.32. The van der Waals surface area contributed by atoms with Crippen LogP contribution in [0.5, 0.6) is 0 Å². The lowest BCUT2D eigenvalue weighted by Gasteiger charge is -2.05. The minimum absolute atomic E-state index is 0.112. The van der Waals surface area contributed by atoms with Crippen molar-refractivity contribution in [1.82, 2.24) is 15.0 Å². The average Bonchev–Trinajstić information content (AvgIpc) is 1.81. The topological polar surface area (TPSA) is 50.7 Å². The minimum Gasteiger partial charge on any atom is -0.380 e. The molecular weight excluding hydrogens is 215 g/mol. The molecule has 12 heavy (non-hydrogen) atoms. The first-order valence-corrected chi connectivity index (χ1v) is 6.48. The molecule has 0 spiro atoms. The molecule has 0 saturated carbocycles. The largest absolute Gasteiger partial charge is 0.380 e. The quantitative estimate of drug-likeness (QED) is 0.775. The predicted octanol–water partition coefficient (Wildman–Crippen LogP) is 1.84. The first-order chi connectivity index (χ1) is 5.58. The van der Waals surface area contributed by atoms with Gasteiger partial charge in [0.1, 0.15) is 0 Å². The monoisotopic (exact) mass is 221 g/mol. The van der Waals surface area contributed by atoms with Crippen LogP contribution in [-0.2, 0) is 0 Å². The molecule has 1 aromatic rings. The van der Waals surface area contributed by atoms with Gasteiger partial charge in [0.25, 0.3) is 0 Å². The van der Waals surface area contributed by atoms with E-state index in [1.165, 1.54) is 0 Å². The molecule has 0 unspecified atom stereocenters. The molecule has 7 heteroatoms. The molecule has 0 aromatic carbocycles.